The molecule has 1 aliphatic rings. The smallest absolute Gasteiger partial charge is 0.326 e. The third-order valence-electron chi connectivity index (χ3n) is 3.96. The summed E-state index contributed by atoms with van der Waals surface area (Å²) in [7, 11) is 2.21. The summed E-state index contributed by atoms with van der Waals surface area (Å²) in [6.07, 6.45) is -0.0645. The Bertz CT molecular complexity index is 889. The second-order valence-corrected chi connectivity index (χ2v) is 5.15. The molecule has 0 N–H and O–H groups in total. The van der Waals surface area contributed by atoms with Crippen molar-refractivity contribution in [3.8, 4) is 0 Å². The van der Waals surface area contributed by atoms with Gasteiger partial charge in [-0.25, -0.2) is 0 Å². The van der Waals surface area contributed by atoms with E-state index in [0.29, 0.717) is 0 Å². The van der Waals surface area contributed by atoms with Crippen LogP contribution in [0, 0.1) is 68.1 Å². The molecule has 1 heterocycles. The molecule has 16 heteroatoms. The van der Waals surface area contributed by atoms with Crippen LogP contribution in [0.5, 0.6) is 0 Å². The van der Waals surface area contributed by atoms with Gasteiger partial charge in [-0.3, -0.25) is 19.7 Å². The van der Waals surface area contributed by atoms with Crippen LogP contribution in [-0.2, 0) is 85.3 Å². The minimum atomic E-state index is -1.91. The minimum Gasteiger partial charge on any atom is -0.468 e. The fraction of sp³-hybridized carbons (Fsp3) is 0.273. The van der Waals surface area contributed by atoms with Gasteiger partial charge >= 0.3 is 79.8 Å². The third-order valence-corrected chi connectivity index (χ3v) is 3.96. The fourth-order valence-electron chi connectivity index (χ4n) is 2.87. The number of benzene rings is 1. The van der Waals surface area contributed by atoms with Crippen LogP contribution in [0.4, 0.5) is 5.69 Å². The van der Waals surface area contributed by atoms with Crippen LogP contribution in [0.3, 0.4) is 0 Å². The minimum absolute atomic E-state index is 0. The molecule has 4 radical (unpaired) electrons. The molecule has 0 aromatic heterocycles. The van der Waals surface area contributed by atoms with Gasteiger partial charge in [0.2, 0.25) is 0 Å². The van der Waals surface area contributed by atoms with E-state index in [2.05, 4.69) is 46.0 Å². The Labute approximate surface area is 238 Å². The van der Waals surface area contributed by atoms with Gasteiger partial charge < -0.3 is 14.2 Å². The molecule has 2 atom stereocenters. The van der Waals surface area contributed by atoms with E-state index in [1.807, 2.05) is 0 Å². The van der Waals surface area contributed by atoms with Crippen molar-refractivity contribution in [2.75, 3.05) is 14.2 Å². The number of rotatable bonds is 5. The second kappa shape index (κ2) is 33.7. The van der Waals surface area contributed by atoms with Gasteiger partial charge in [0.05, 0.1) is 30.8 Å². The van der Waals surface area contributed by atoms with Crippen molar-refractivity contribution in [2.24, 2.45) is 5.41 Å². The molecule has 1 aromatic carbocycles. The Hall–Kier alpha value is -3.29. The van der Waals surface area contributed by atoms with Crippen molar-refractivity contribution in [2.45, 2.75) is 18.6 Å². The van der Waals surface area contributed by atoms with Crippen molar-refractivity contribution >= 4 is 17.6 Å². The summed E-state index contributed by atoms with van der Waals surface area (Å²) in [6.45, 7) is 32.4. The van der Waals surface area contributed by atoms with E-state index in [9.17, 15) is 19.7 Å². The maximum Gasteiger partial charge on any atom is 0.326 e. The molecule has 1 saturated heterocycles. The molecule has 1 aromatic rings. The maximum atomic E-state index is 12.4. The van der Waals surface area contributed by atoms with E-state index in [4.69, 9.17) is 48.7 Å². The average molecular weight is 619 g/mol. The Balaban J connectivity index is -0.000000121. The average Bonchev–Trinajstić information content (AvgIpc) is 3.39. The van der Waals surface area contributed by atoms with E-state index in [1.165, 1.54) is 24.3 Å². The SMILES string of the molecule is [C-]#[O+].[C-]#[O+].[C-]#[O+].[C-]#[O+].[C-]#[O+].[C-]#[O+].[CH]=[C]C1CC(C(=O)OC)(C(=O)OC)C(c2ccccc2[N+](=O)[O-])O1.[Co].[Co]. The van der Waals surface area contributed by atoms with E-state index in [1.54, 1.807) is 0 Å². The summed E-state index contributed by atoms with van der Waals surface area (Å²) in [4.78, 5) is 35.5. The molecule has 1 aliphatic heterocycles. The summed E-state index contributed by atoms with van der Waals surface area (Å²) in [5, 5.41) is 11.3. The molecule has 204 valence electrons. The molecule has 0 aliphatic carbocycles. The number of methoxy groups -OCH3 is 2. The normalized spacial score (nSPS) is 14.1. The number of nitro groups is 1. The van der Waals surface area contributed by atoms with E-state index in [-0.39, 0.29) is 51.2 Å². The predicted molar refractivity (Wildman–Crippen MR) is 103 cm³/mol. The van der Waals surface area contributed by atoms with E-state index < -0.39 is 34.5 Å². The van der Waals surface area contributed by atoms with Gasteiger partial charge in [0.1, 0.15) is 6.10 Å². The predicted octanol–water partition coefficient (Wildman–Crippen LogP) is 1.32. The number of carbonyl (C=O) groups excluding carboxylic acids is 2. The zero-order valence-corrected chi connectivity index (χ0v) is 21.3. The first kappa shape index (κ1) is 51.4. The van der Waals surface area contributed by atoms with E-state index >= 15 is 0 Å². The standard InChI is InChI=1S/C16H15NO7.6CO.2Co/c1-4-10-9-16(14(18)22-2,15(19)23-3)13(24-10)11-7-5-6-8-12(11)17(20)21;6*1-2;;/h1,5-8,10,13H,9H2,2-3H3;;;;;;;;. The van der Waals surface area contributed by atoms with Gasteiger partial charge in [-0.1, -0.05) is 18.7 Å². The van der Waals surface area contributed by atoms with Crippen molar-refractivity contribution in [1.82, 2.24) is 0 Å². The zero-order chi connectivity index (χ0) is 29.9. The Morgan fingerprint density at radius 1 is 0.947 bits per heavy atom. The first-order chi connectivity index (χ1) is 17.4. The first-order valence-corrected chi connectivity index (χ1v) is 8.16. The van der Waals surface area contributed by atoms with Crippen molar-refractivity contribution in [3.05, 3.63) is 92.5 Å². The Morgan fingerprint density at radius 2 is 1.32 bits per heavy atom. The second-order valence-electron chi connectivity index (χ2n) is 5.15. The zero-order valence-electron chi connectivity index (χ0n) is 19.2. The monoisotopic (exact) mass is 619 g/mol. The van der Waals surface area contributed by atoms with Crippen LogP contribution < -0.4 is 0 Å². The van der Waals surface area contributed by atoms with Crippen LogP contribution in [0.15, 0.2) is 24.3 Å². The topological polar surface area (TPSA) is 224 Å². The van der Waals surface area contributed by atoms with Crippen LogP contribution >= 0.6 is 0 Å². The first-order valence-electron chi connectivity index (χ1n) is 8.16. The number of para-hydroxylation sites is 1. The number of ether oxygens (including phenoxy) is 3. The summed E-state index contributed by atoms with van der Waals surface area (Å²) in [5.41, 5.74) is -2.15. The molecular weight excluding hydrogens is 604 g/mol. The molecule has 0 bridgehead atoms. The number of hydrogen-bond donors (Lipinski definition) is 0. The molecule has 1 fully saturated rings. The summed E-state index contributed by atoms with van der Waals surface area (Å²) < 4.78 is 60.1. The van der Waals surface area contributed by atoms with Gasteiger partial charge in [0.15, 0.2) is 5.41 Å². The van der Waals surface area contributed by atoms with Gasteiger partial charge in [0, 0.05) is 46.0 Å². The van der Waals surface area contributed by atoms with Crippen molar-refractivity contribution in [1.29, 1.82) is 0 Å². The van der Waals surface area contributed by atoms with Crippen LogP contribution in [0.25, 0.3) is 0 Å². The third kappa shape index (κ3) is 13.9. The summed E-state index contributed by atoms with van der Waals surface area (Å²) >= 11 is 0. The number of nitrogens with zero attached hydrogens (tertiary/aromatic N) is 1. The quantitative estimate of drug-likeness (QED) is 0.117. The summed E-state index contributed by atoms with van der Waals surface area (Å²) in [6, 6.07) is 5.66. The molecule has 0 amide bonds. The molecule has 2 unspecified atom stereocenters. The number of carbonyl (C=O) groups is 2. The Kier molecular flexibility index (Phi) is 45.6. The Morgan fingerprint density at radius 3 is 1.63 bits per heavy atom. The van der Waals surface area contributed by atoms with Gasteiger partial charge in [0.25, 0.3) is 5.69 Å². The maximum absolute atomic E-state index is 12.4. The van der Waals surface area contributed by atoms with Crippen molar-refractivity contribution < 1.29 is 90.2 Å². The van der Waals surface area contributed by atoms with Gasteiger partial charge in [-0.15, -0.1) is 0 Å². The molecular formula is C22H15Co2NO13. The number of nitro benzene ring substituents is 1. The van der Waals surface area contributed by atoms with Crippen molar-refractivity contribution in [3.63, 3.8) is 0 Å². The number of esters is 2. The van der Waals surface area contributed by atoms with Gasteiger partial charge in [-0.05, 0) is 12.1 Å². The van der Waals surface area contributed by atoms with E-state index in [0.717, 1.165) is 14.2 Å². The largest absolute Gasteiger partial charge is 0.468 e. The number of hydrogen-bond acceptors (Lipinski definition) is 7. The molecule has 2 rings (SSSR count). The van der Waals surface area contributed by atoms with Gasteiger partial charge in [-0.2, -0.15) is 0 Å². The van der Waals surface area contributed by atoms with Crippen LogP contribution in [-0.4, -0.2) is 37.2 Å². The summed E-state index contributed by atoms with van der Waals surface area (Å²) in [5.74, 6) is -1.84. The molecule has 0 spiro atoms. The fourth-order valence-corrected chi connectivity index (χ4v) is 2.87. The van der Waals surface area contributed by atoms with Crippen LogP contribution in [0.1, 0.15) is 18.1 Å². The molecule has 14 nitrogen and oxygen atoms in total. The molecule has 0 saturated carbocycles. The molecule has 38 heavy (non-hydrogen) atoms. The van der Waals surface area contributed by atoms with Crippen LogP contribution in [0.2, 0.25) is 0 Å².